The Morgan fingerprint density at radius 2 is 1.66 bits per heavy atom. The summed E-state index contributed by atoms with van der Waals surface area (Å²) < 4.78 is 16.6. The maximum Gasteiger partial charge on any atom is 0.352 e. The van der Waals surface area contributed by atoms with Gasteiger partial charge >= 0.3 is 5.97 Å². The van der Waals surface area contributed by atoms with Gasteiger partial charge in [0.2, 0.25) is 0 Å². The van der Waals surface area contributed by atoms with Crippen LogP contribution in [0, 0.1) is 0 Å². The molecule has 8 heteroatoms. The van der Waals surface area contributed by atoms with E-state index in [1.807, 2.05) is 0 Å². The zero-order valence-electron chi connectivity index (χ0n) is 16.6. The molecular weight excluding hydrogens is 475 g/mol. The Morgan fingerprint density at radius 3 is 2.38 bits per heavy atom. The molecule has 1 unspecified atom stereocenters. The van der Waals surface area contributed by atoms with E-state index in [1.54, 1.807) is 42.5 Å². The van der Waals surface area contributed by atoms with E-state index in [2.05, 4.69) is 0 Å². The molecule has 32 heavy (non-hydrogen) atoms. The molecule has 4 aromatic rings. The summed E-state index contributed by atoms with van der Waals surface area (Å²) in [7, 11) is 0. The van der Waals surface area contributed by atoms with Gasteiger partial charge in [-0.2, -0.15) is 0 Å². The fraction of sp³-hybridized carbons (Fsp3) is 0.0833. The molecule has 0 aliphatic carbocycles. The lowest BCUT2D eigenvalue weighted by Crippen LogP contribution is -2.28. The van der Waals surface area contributed by atoms with E-state index in [9.17, 15) is 9.59 Å². The molecule has 0 aliphatic heterocycles. The molecule has 0 fully saturated rings. The molecule has 0 radical (unpaired) electrons. The third kappa shape index (κ3) is 4.75. The lowest BCUT2D eigenvalue weighted by Gasteiger charge is -2.15. The number of esters is 1. The molecule has 5 nitrogen and oxygen atoms in total. The van der Waals surface area contributed by atoms with Crippen LogP contribution in [0.1, 0.15) is 6.92 Å². The Hall–Kier alpha value is -2.99. The number of ether oxygens (including phenoxy) is 2. The van der Waals surface area contributed by atoms with Crippen LogP contribution in [-0.2, 0) is 4.79 Å². The van der Waals surface area contributed by atoms with Crippen molar-refractivity contribution in [3.63, 3.8) is 0 Å². The van der Waals surface area contributed by atoms with Crippen LogP contribution in [0.3, 0.4) is 0 Å². The van der Waals surface area contributed by atoms with Crippen molar-refractivity contribution in [3.05, 3.63) is 92.2 Å². The summed E-state index contributed by atoms with van der Waals surface area (Å²) in [5.41, 5.74) is 1.17. The van der Waals surface area contributed by atoms with E-state index in [0.29, 0.717) is 32.3 Å². The van der Waals surface area contributed by atoms with Gasteiger partial charge < -0.3 is 13.9 Å². The second-order valence-corrected chi connectivity index (χ2v) is 8.18. The number of benzene rings is 3. The van der Waals surface area contributed by atoms with Crippen molar-refractivity contribution >= 4 is 51.7 Å². The first kappa shape index (κ1) is 22.2. The first-order valence-electron chi connectivity index (χ1n) is 9.47. The van der Waals surface area contributed by atoms with Gasteiger partial charge in [-0.3, -0.25) is 4.79 Å². The highest BCUT2D eigenvalue weighted by atomic mass is 35.5. The van der Waals surface area contributed by atoms with Crippen molar-refractivity contribution in [1.82, 2.24) is 0 Å². The van der Waals surface area contributed by atoms with Crippen LogP contribution < -0.4 is 14.9 Å². The van der Waals surface area contributed by atoms with E-state index in [0.717, 1.165) is 0 Å². The van der Waals surface area contributed by atoms with Crippen LogP contribution in [-0.4, -0.2) is 12.1 Å². The quantitative estimate of drug-likeness (QED) is 0.228. The molecular formula is C24H15Cl3O5. The monoisotopic (exact) mass is 488 g/mol. The van der Waals surface area contributed by atoms with Gasteiger partial charge in [0.25, 0.3) is 0 Å². The number of rotatable bonds is 5. The molecule has 0 amide bonds. The van der Waals surface area contributed by atoms with Gasteiger partial charge in [-0.1, -0.05) is 46.9 Å². The Labute approximate surface area is 198 Å². The molecule has 4 rings (SSSR count). The normalized spacial score (nSPS) is 11.9. The molecule has 1 heterocycles. The summed E-state index contributed by atoms with van der Waals surface area (Å²) in [4.78, 5) is 25.3. The predicted octanol–water partition coefficient (Wildman–Crippen LogP) is 6.79. The predicted molar refractivity (Wildman–Crippen MR) is 125 cm³/mol. The smallest absolute Gasteiger partial charge is 0.352 e. The van der Waals surface area contributed by atoms with E-state index in [1.165, 1.54) is 31.4 Å². The van der Waals surface area contributed by atoms with E-state index >= 15 is 0 Å². The summed E-state index contributed by atoms with van der Waals surface area (Å²) >= 11 is 17.8. The molecule has 0 N–H and O–H groups in total. The van der Waals surface area contributed by atoms with Gasteiger partial charge in [-0.25, -0.2) is 4.79 Å². The van der Waals surface area contributed by atoms with Gasteiger partial charge in [0.1, 0.15) is 23.3 Å². The first-order chi connectivity index (χ1) is 15.3. The van der Waals surface area contributed by atoms with Gasteiger partial charge in [-0.15, -0.1) is 0 Å². The Morgan fingerprint density at radius 1 is 0.938 bits per heavy atom. The lowest BCUT2D eigenvalue weighted by molar-refractivity contribution is -0.141. The summed E-state index contributed by atoms with van der Waals surface area (Å²) in [5.74, 6) is -0.127. The second-order valence-electron chi connectivity index (χ2n) is 6.90. The third-order valence-corrected chi connectivity index (χ3v) is 5.43. The Balaban J connectivity index is 1.53. The van der Waals surface area contributed by atoms with Crippen LogP contribution >= 0.6 is 34.8 Å². The number of carbonyl (C=O) groups excluding carboxylic acids is 1. The van der Waals surface area contributed by atoms with E-state index in [-0.39, 0.29) is 21.8 Å². The van der Waals surface area contributed by atoms with Crippen LogP contribution in [0.15, 0.2) is 76.1 Å². The molecule has 3 aromatic carbocycles. The summed E-state index contributed by atoms with van der Waals surface area (Å²) in [6, 6.07) is 16.1. The molecule has 1 atom stereocenters. The lowest BCUT2D eigenvalue weighted by atomic mass is 10.1. The topological polar surface area (TPSA) is 65.7 Å². The molecule has 0 aliphatic rings. The van der Waals surface area contributed by atoms with Crippen molar-refractivity contribution < 1.29 is 18.7 Å². The van der Waals surface area contributed by atoms with Gasteiger partial charge in [0.15, 0.2) is 11.5 Å². The van der Waals surface area contributed by atoms with Crippen LogP contribution in [0.2, 0.25) is 15.1 Å². The van der Waals surface area contributed by atoms with Crippen LogP contribution in [0.4, 0.5) is 0 Å². The number of halogens is 3. The minimum absolute atomic E-state index is 0.208. The maximum atomic E-state index is 12.9. The Bertz CT molecular complexity index is 1360. The number of fused-ring (bicyclic) bond motifs is 1. The minimum Gasteiger partial charge on any atom is -0.477 e. The van der Waals surface area contributed by atoms with Crippen molar-refractivity contribution in [1.29, 1.82) is 0 Å². The third-order valence-electron chi connectivity index (χ3n) is 4.65. The number of hydrogen-bond donors (Lipinski definition) is 0. The average molecular weight is 490 g/mol. The molecule has 0 saturated heterocycles. The first-order valence-corrected chi connectivity index (χ1v) is 10.6. The van der Waals surface area contributed by atoms with E-state index < -0.39 is 12.1 Å². The molecule has 0 spiro atoms. The SMILES string of the molecule is CC(Oc1ccc(Cl)cc1Cl)C(=O)Oc1ccc2c(=O)c(-c3ccc(Cl)cc3)coc2c1. The van der Waals surface area contributed by atoms with Gasteiger partial charge in [0.05, 0.1) is 16.0 Å². The maximum absolute atomic E-state index is 12.9. The van der Waals surface area contributed by atoms with Crippen molar-refractivity contribution in [3.8, 4) is 22.6 Å². The van der Waals surface area contributed by atoms with Gasteiger partial charge in [-0.05, 0) is 55.0 Å². The fourth-order valence-corrected chi connectivity index (χ4v) is 3.59. The summed E-state index contributed by atoms with van der Waals surface area (Å²) in [6.45, 7) is 1.53. The molecule has 0 saturated carbocycles. The highest BCUT2D eigenvalue weighted by Crippen LogP contribution is 2.29. The molecule has 162 valence electrons. The molecule has 1 aromatic heterocycles. The van der Waals surface area contributed by atoms with E-state index in [4.69, 9.17) is 48.7 Å². The fourth-order valence-electron chi connectivity index (χ4n) is 3.01. The summed E-state index contributed by atoms with van der Waals surface area (Å²) in [5, 5.41) is 1.66. The summed E-state index contributed by atoms with van der Waals surface area (Å²) in [6.07, 6.45) is 0.428. The zero-order chi connectivity index (χ0) is 22.8. The largest absolute Gasteiger partial charge is 0.477 e. The average Bonchev–Trinajstić information content (AvgIpc) is 2.76. The number of carbonyl (C=O) groups is 1. The second kappa shape index (κ2) is 9.25. The van der Waals surface area contributed by atoms with Gasteiger partial charge in [0, 0.05) is 16.1 Å². The minimum atomic E-state index is -0.941. The highest BCUT2D eigenvalue weighted by Gasteiger charge is 2.19. The van der Waals surface area contributed by atoms with Crippen molar-refractivity contribution in [2.45, 2.75) is 13.0 Å². The molecule has 0 bridgehead atoms. The highest BCUT2D eigenvalue weighted by molar-refractivity contribution is 6.35. The van der Waals surface area contributed by atoms with Crippen molar-refractivity contribution in [2.75, 3.05) is 0 Å². The van der Waals surface area contributed by atoms with Crippen molar-refractivity contribution in [2.24, 2.45) is 0 Å². The standard InChI is InChI=1S/C24H15Cl3O5/c1-13(31-21-9-6-16(26)10-20(21)27)24(29)32-17-7-8-18-22(11-17)30-12-19(23(18)28)14-2-4-15(25)5-3-14/h2-13H,1H3. The number of hydrogen-bond acceptors (Lipinski definition) is 5. The zero-order valence-corrected chi connectivity index (χ0v) is 18.9. The van der Waals surface area contributed by atoms with Crippen LogP contribution in [0.25, 0.3) is 22.1 Å². The van der Waals surface area contributed by atoms with Crippen LogP contribution in [0.5, 0.6) is 11.5 Å². The Kier molecular flexibility index (Phi) is 6.42.